The lowest BCUT2D eigenvalue weighted by Crippen LogP contribution is -2.40. The molecule has 0 unspecified atom stereocenters. The Bertz CT molecular complexity index is 412. The van der Waals surface area contributed by atoms with Gasteiger partial charge in [0.25, 0.3) is 0 Å². The molecule has 0 fully saturated rings. The van der Waals surface area contributed by atoms with Gasteiger partial charge in [-0.25, -0.2) is 0 Å². The summed E-state index contributed by atoms with van der Waals surface area (Å²) in [7, 11) is 1.79. The van der Waals surface area contributed by atoms with Crippen molar-refractivity contribution in [3.63, 3.8) is 0 Å². The first kappa shape index (κ1) is 13.5. The van der Waals surface area contributed by atoms with Crippen LogP contribution in [0.15, 0.2) is 0 Å². The molecule has 1 aromatic rings. The highest BCUT2D eigenvalue weighted by Gasteiger charge is 2.22. The van der Waals surface area contributed by atoms with Crippen LogP contribution >= 0.6 is 0 Å². The minimum Gasteiger partial charge on any atom is -0.391 e. The van der Waals surface area contributed by atoms with E-state index in [4.69, 9.17) is 5.73 Å². The smallest absolute Gasteiger partial charge is 0.237 e. The number of hydrogen-bond acceptors (Lipinski definition) is 4. The number of amides is 1. The maximum Gasteiger partial charge on any atom is 0.237 e. The van der Waals surface area contributed by atoms with Crippen molar-refractivity contribution in [1.82, 2.24) is 9.78 Å². The van der Waals surface area contributed by atoms with Crippen molar-refractivity contribution < 1.29 is 9.90 Å². The van der Waals surface area contributed by atoms with Crippen LogP contribution in [0.2, 0.25) is 0 Å². The third kappa shape index (κ3) is 2.76. The van der Waals surface area contributed by atoms with Crippen molar-refractivity contribution in [3.05, 3.63) is 11.3 Å². The molecule has 0 aliphatic heterocycles. The summed E-state index contributed by atoms with van der Waals surface area (Å²) in [5.41, 5.74) is 6.75. The number of aliphatic hydroxyl groups is 1. The predicted octanol–water partition coefficient (Wildman–Crippen LogP) is -0.0791. The number of carbonyl (C=O) groups is 1. The summed E-state index contributed by atoms with van der Waals surface area (Å²) in [5.74, 6) is 0.347. The molecule has 1 aromatic heterocycles. The van der Waals surface area contributed by atoms with Gasteiger partial charge in [-0.15, -0.1) is 0 Å². The maximum absolute atomic E-state index is 11.1. The molecule has 0 aliphatic rings. The quantitative estimate of drug-likeness (QED) is 0.754. The van der Waals surface area contributed by atoms with E-state index in [2.05, 4.69) is 5.10 Å². The number of carbonyl (C=O) groups excluding carboxylic acids is 1. The molecule has 0 atom stereocenters. The van der Waals surface area contributed by atoms with Crippen molar-refractivity contribution in [2.24, 2.45) is 12.8 Å². The van der Waals surface area contributed by atoms with Gasteiger partial charge in [-0.2, -0.15) is 5.10 Å². The molecule has 0 saturated heterocycles. The van der Waals surface area contributed by atoms with E-state index in [1.54, 1.807) is 11.7 Å². The van der Waals surface area contributed by atoms with Crippen LogP contribution in [0, 0.1) is 6.92 Å². The normalized spacial score (nSPS) is 10.9. The van der Waals surface area contributed by atoms with E-state index in [-0.39, 0.29) is 19.2 Å². The van der Waals surface area contributed by atoms with Crippen LogP contribution in [0.25, 0.3) is 0 Å². The van der Waals surface area contributed by atoms with Gasteiger partial charge < -0.3 is 15.7 Å². The Balaban J connectivity index is 3.22. The topological polar surface area (TPSA) is 84.4 Å². The fourth-order valence-electron chi connectivity index (χ4n) is 1.90. The third-order valence-corrected chi connectivity index (χ3v) is 2.69. The number of anilines is 1. The monoisotopic (exact) mass is 240 g/mol. The van der Waals surface area contributed by atoms with Crippen molar-refractivity contribution >= 4 is 11.7 Å². The summed E-state index contributed by atoms with van der Waals surface area (Å²) >= 11 is 0. The second kappa shape index (κ2) is 5.18. The molecule has 1 amide bonds. The van der Waals surface area contributed by atoms with E-state index in [9.17, 15) is 9.90 Å². The highest BCUT2D eigenvalue weighted by molar-refractivity contribution is 5.79. The lowest BCUT2D eigenvalue weighted by Gasteiger charge is -2.28. The number of nitrogens with two attached hydrogens (primary N) is 1. The second-order valence-electron chi connectivity index (χ2n) is 4.36. The predicted molar refractivity (Wildman–Crippen MR) is 65.5 cm³/mol. The standard InChI is InChI=1S/C11H20N4O2/c1-7(2)15(5-10(12)17)11-9(6-16)8(3)13-14(11)4/h7,16H,5-6H2,1-4H3,(H2,12,17). The summed E-state index contributed by atoms with van der Waals surface area (Å²) in [6.45, 7) is 5.78. The fourth-order valence-corrected chi connectivity index (χ4v) is 1.90. The molecule has 1 rings (SSSR count). The van der Waals surface area contributed by atoms with Gasteiger partial charge in [-0.3, -0.25) is 9.48 Å². The second-order valence-corrected chi connectivity index (χ2v) is 4.36. The van der Waals surface area contributed by atoms with Crippen LogP contribution in [-0.4, -0.2) is 33.4 Å². The van der Waals surface area contributed by atoms with Crippen LogP contribution in [0.4, 0.5) is 5.82 Å². The number of aromatic nitrogens is 2. The average Bonchev–Trinajstić information content (AvgIpc) is 2.48. The van der Waals surface area contributed by atoms with E-state index in [0.29, 0.717) is 0 Å². The number of aryl methyl sites for hydroxylation is 2. The molecule has 0 radical (unpaired) electrons. The molecule has 6 nitrogen and oxygen atoms in total. The zero-order chi connectivity index (χ0) is 13.2. The zero-order valence-corrected chi connectivity index (χ0v) is 10.8. The molecule has 3 N–H and O–H groups in total. The van der Waals surface area contributed by atoms with E-state index < -0.39 is 5.91 Å². The molecule has 0 spiro atoms. The number of rotatable bonds is 5. The summed E-state index contributed by atoms with van der Waals surface area (Å²) in [5, 5.41) is 13.6. The molecule has 1 heterocycles. The average molecular weight is 240 g/mol. The summed E-state index contributed by atoms with van der Waals surface area (Å²) in [4.78, 5) is 12.9. The Morgan fingerprint density at radius 2 is 2.18 bits per heavy atom. The maximum atomic E-state index is 11.1. The zero-order valence-electron chi connectivity index (χ0n) is 10.8. The lowest BCUT2D eigenvalue weighted by atomic mass is 10.2. The fraction of sp³-hybridized carbons (Fsp3) is 0.636. The Kier molecular flexibility index (Phi) is 4.11. The van der Waals surface area contributed by atoms with Crippen molar-refractivity contribution in [1.29, 1.82) is 0 Å². The Morgan fingerprint density at radius 1 is 1.59 bits per heavy atom. The van der Waals surface area contributed by atoms with Crippen molar-refractivity contribution in [2.45, 2.75) is 33.4 Å². The highest BCUT2D eigenvalue weighted by Crippen LogP contribution is 2.24. The third-order valence-electron chi connectivity index (χ3n) is 2.69. The summed E-state index contributed by atoms with van der Waals surface area (Å²) < 4.78 is 1.67. The van der Waals surface area contributed by atoms with E-state index in [1.807, 2.05) is 25.7 Å². The van der Waals surface area contributed by atoms with Gasteiger partial charge in [-0.1, -0.05) is 0 Å². The van der Waals surface area contributed by atoms with Gasteiger partial charge in [0.2, 0.25) is 5.91 Å². The van der Waals surface area contributed by atoms with E-state index >= 15 is 0 Å². The van der Waals surface area contributed by atoms with E-state index in [0.717, 1.165) is 17.1 Å². The number of primary amides is 1. The first-order valence-corrected chi connectivity index (χ1v) is 5.56. The molecule has 0 saturated carbocycles. The van der Waals surface area contributed by atoms with Crippen LogP contribution in [-0.2, 0) is 18.4 Å². The molecular weight excluding hydrogens is 220 g/mol. The molecule has 96 valence electrons. The van der Waals surface area contributed by atoms with Gasteiger partial charge in [-0.05, 0) is 20.8 Å². The van der Waals surface area contributed by atoms with Crippen molar-refractivity contribution in [2.75, 3.05) is 11.4 Å². The lowest BCUT2D eigenvalue weighted by molar-refractivity contribution is -0.116. The summed E-state index contributed by atoms with van der Waals surface area (Å²) in [6.07, 6.45) is 0. The summed E-state index contributed by atoms with van der Waals surface area (Å²) in [6, 6.07) is 0.0996. The SMILES string of the molecule is Cc1nn(C)c(N(CC(N)=O)C(C)C)c1CO. The molecule has 17 heavy (non-hydrogen) atoms. The van der Waals surface area contributed by atoms with Crippen LogP contribution in [0.1, 0.15) is 25.1 Å². The minimum absolute atomic E-state index is 0.0996. The van der Waals surface area contributed by atoms with Crippen LogP contribution in [0.5, 0.6) is 0 Å². The van der Waals surface area contributed by atoms with Gasteiger partial charge in [0.15, 0.2) is 0 Å². The van der Waals surface area contributed by atoms with Crippen LogP contribution in [0.3, 0.4) is 0 Å². The number of hydrogen-bond donors (Lipinski definition) is 2. The number of aliphatic hydroxyl groups excluding tert-OH is 1. The molecule has 0 aromatic carbocycles. The van der Waals surface area contributed by atoms with Gasteiger partial charge in [0.1, 0.15) is 5.82 Å². The molecule has 0 bridgehead atoms. The van der Waals surface area contributed by atoms with Gasteiger partial charge in [0.05, 0.1) is 18.8 Å². The van der Waals surface area contributed by atoms with Crippen molar-refractivity contribution in [3.8, 4) is 0 Å². The highest BCUT2D eigenvalue weighted by atomic mass is 16.3. The number of nitrogens with zero attached hydrogens (tertiary/aromatic N) is 3. The largest absolute Gasteiger partial charge is 0.391 e. The molecule has 6 heteroatoms. The first-order chi connectivity index (χ1) is 7.88. The van der Waals surface area contributed by atoms with Gasteiger partial charge in [0, 0.05) is 18.7 Å². The Hall–Kier alpha value is -1.56. The Labute approximate surface area is 101 Å². The first-order valence-electron chi connectivity index (χ1n) is 5.56. The van der Waals surface area contributed by atoms with Gasteiger partial charge >= 0.3 is 0 Å². The Morgan fingerprint density at radius 3 is 2.59 bits per heavy atom. The minimum atomic E-state index is -0.401. The molecule has 0 aliphatic carbocycles. The van der Waals surface area contributed by atoms with Crippen LogP contribution < -0.4 is 10.6 Å². The molecular formula is C11H20N4O2. The van der Waals surface area contributed by atoms with E-state index in [1.165, 1.54) is 0 Å².